The molecule has 1 aromatic carbocycles. The number of furan rings is 1. The maximum absolute atomic E-state index is 11.8. The van der Waals surface area contributed by atoms with Gasteiger partial charge in [-0.25, -0.2) is 4.98 Å². The average Bonchev–Trinajstić information content (AvgIpc) is 2.97. The van der Waals surface area contributed by atoms with Gasteiger partial charge in [0.05, 0.1) is 22.9 Å². The Morgan fingerprint density at radius 1 is 1.42 bits per heavy atom. The lowest BCUT2D eigenvalue weighted by atomic mass is 10.2. The van der Waals surface area contributed by atoms with Crippen LogP contribution in [-0.2, 0) is 11.2 Å². The Labute approximate surface area is 114 Å². The molecule has 0 atom stereocenters. The SMILES string of the molecule is Cc1ccc2nc(NC(=O)Cc3ccco3)sc2c1. The molecule has 2 aromatic heterocycles. The number of benzene rings is 1. The lowest BCUT2D eigenvalue weighted by Crippen LogP contribution is -2.13. The van der Waals surface area contributed by atoms with Crippen LogP contribution >= 0.6 is 11.3 Å². The van der Waals surface area contributed by atoms with Crippen LogP contribution in [0.25, 0.3) is 10.2 Å². The van der Waals surface area contributed by atoms with Crippen molar-refractivity contribution >= 4 is 32.6 Å². The van der Waals surface area contributed by atoms with E-state index in [9.17, 15) is 4.79 Å². The van der Waals surface area contributed by atoms with Gasteiger partial charge in [-0.3, -0.25) is 4.79 Å². The highest BCUT2D eigenvalue weighted by molar-refractivity contribution is 7.22. The number of hydrogen-bond donors (Lipinski definition) is 1. The summed E-state index contributed by atoms with van der Waals surface area (Å²) < 4.78 is 6.22. The highest BCUT2D eigenvalue weighted by atomic mass is 32.1. The number of fused-ring (bicyclic) bond motifs is 1. The van der Waals surface area contributed by atoms with Gasteiger partial charge in [-0.1, -0.05) is 17.4 Å². The number of nitrogens with zero attached hydrogens (tertiary/aromatic N) is 1. The van der Waals surface area contributed by atoms with Gasteiger partial charge in [0.25, 0.3) is 0 Å². The molecule has 0 unspecified atom stereocenters. The summed E-state index contributed by atoms with van der Waals surface area (Å²) in [6.45, 7) is 2.04. The second kappa shape index (κ2) is 4.85. The lowest BCUT2D eigenvalue weighted by Gasteiger charge is -1.98. The van der Waals surface area contributed by atoms with Gasteiger partial charge in [-0.2, -0.15) is 0 Å². The summed E-state index contributed by atoms with van der Waals surface area (Å²) in [6.07, 6.45) is 1.78. The average molecular weight is 272 g/mol. The number of carbonyl (C=O) groups is 1. The molecule has 0 bridgehead atoms. The Hall–Kier alpha value is -2.14. The topological polar surface area (TPSA) is 55.1 Å². The number of aryl methyl sites for hydroxylation is 1. The third-order valence-electron chi connectivity index (χ3n) is 2.71. The van der Waals surface area contributed by atoms with E-state index in [1.165, 1.54) is 16.9 Å². The molecule has 0 saturated carbocycles. The van der Waals surface area contributed by atoms with Crippen LogP contribution in [0.15, 0.2) is 41.0 Å². The number of aromatic nitrogens is 1. The van der Waals surface area contributed by atoms with Crippen LogP contribution in [0.2, 0.25) is 0 Å². The molecule has 96 valence electrons. The maximum atomic E-state index is 11.8. The highest BCUT2D eigenvalue weighted by Gasteiger charge is 2.09. The van der Waals surface area contributed by atoms with Crippen molar-refractivity contribution < 1.29 is 9.21 Å². The van der Waals surface area contributed by atoms with Crippen LogP contribution in [-0.4, -0.2) is 10.9 Å². The molecule has 0 saturated heterocycles. The van der Waals surface area contributed by atoms with Crippen molar-refractivity contribution in [3.63, 3.8) is 0 Å². The smallest absolute Gasteiger partial charge is 0.233 e. The highest BCUT2D eigenvalue weighted by Crippen LogP contribution is 2.26. The van der Waals surface area contributed by atoms with Crippen molar-refractivity contribution in [2.75, 3.05) is 5.32 Å². The van der Waals surface area contributed by atoms with Crippen LogP contribution in [0.3, 0.4) is 0 Å². The van der Waals surface area contributed by atoms with E-state index < -0.39 is 0 Å². The van der Waals surface area contributed by atoms with E-state index in [1.807, 2.05) is 19.1 Å². The molecule has 0 aliphatic carbocycles. The van der Waals surface area contributed by atoms with Gasteiger partial charge in [-0.05, 0) is 36.8 Å². The molecule has 0 radical (unpaired) electrons. The summed E-state index contributed by atoms with van der Waals surface area (Å²) in [5.74, 6) is 0.528. The zero-order valence-electron chi connectivity index (χ0n) is 10.3. The summed E-state index contributed by atoms with van der Waals surface area (Å²) >= 11 is 1.48. The van der Waals surface area contributed by atoms with Gasteiger partial charge in [0, 0.05) is 0 Å². The molecule has 1 amide bonds. The normalized spacial score (nSPS) is 10.8. The van der Waals surface area contributed by atoms with Crippen LogP contribution < -0.4 is 5.32 Å². The minimum absolute atomic E-state index is 0.120. The van der Waals surface area contributed by atoms with Crippen LogP contribution in [0, 0.1) is 6.92 Å². The number of hydrogen-bond acceptors (Lipinski definition) is 4. The molecule has 0 fully saturated rings. The quantitative estimate of drug-likeness (QED) is 0.795. The minimum Gasteiger partial charge on any atom is -0.469 e. The van der Waals surface area contributed by atoms with Gasteiger partial charge in [0.15, 0.2) is 5.13 Å². The van der Waals surface area contributed by atoms with Crippen molar-refractivity contribution in [3.8, 4) is 0 Å². The van der Waals surface area contributed by atoms with Gasteiger partial charge >= 0.3 is 0 Å². The predicted octanol–water partition coefficient (Wildman–Crippen LogP) is 3.38. The van der Waals surface area contributed by atoms with Crippen molar-refractivity contribution in [2.24, 2.45) is 0 Å². The predicted molar refractivity (Wildman–Crippen MR) is 75.4 cm³/mol. The molecule has 3 aromatic rings. The minimum atomic E-state index is -0.120. The first-order valence-electron chi connectivity index (χ1n) is 5.90. The van der Waals surface area contributed by atoms with E-state index in [-0.39, 0.29) is 12.3 Å². The fraction of sp³-hybridized carbons (Fsp3) is 0.143. The monoisotopic (exact) mass is 272 g/mol. The first-order valence-corrected chi connectivity index (χ1v) is 6.72. The number of nitrogens with one attached hydrogen (secondary N) is 1. The first kappa shape index (κ1) is 11.9. The van der Waals surface area contributed by atoms with E-state index in [1.54, 1.807) is 18.4 Å². The first-order chi connectivity index (χ1) is 9.20. The number of anilines is 1. The Balaban J connectivity index is 1.76. The molecule has 0 aliphatic rings. The molecular weight excluding hydrogens is 260 g/mol. The third kappa shape index (κ3) is 2.66. The van der Waals surface area contributed by atoms with E-state index in [2.05, 4.69) is 16.4 Å². The Morgan fingerprint density at radius 3 is 3.11 bits per heavy atom. The molecular formula is C14H12N2O2S. The summed E-state index contributed by atoms with van der Waals surface area (Å²) in [6, 6.07) is 9.58. The van der Waals surface area contributed by atoms with Crippen molar-refractivity contribution in [3.05, 3.63) is 47.9 Å². The van der Waals surface area contributed by atoms with E-state index >= 15 is 0 Å². The van der Waals surface area contributed by atoms with Crippen LogP contribution in [0.4, 0.5) is 5.13 Å². The largest absolute Gasteiger partial charge is 0.469 e. The molecule has 19 heavy (non-hydrogen) atoms. The number of rotatable bonds is 3. The lowest BCUT2D eigenvalue weighted by molar-refractivity contribution is -0.115. The van der Waals surface area contributed by atoms with Crippen LogP contribution in [0.1, 0.15) is 11.3 Å². The van der Waals surface area contributed by atoms with Gasteiger partial charge in [-0.15, -0.1) is 0 Å². The second-order valence-electron chi connectivity index (χ2n) is 4.29. The third-order valence-corrected chi connectivity index (χ3v) is 3.64. The number of amides is 1. The summed E-state index contributed by atoms with van der Waals surface area (Å²) in [7, 11) is 0. The second-order valence-corrected chi connectivity index (χ2v) is 5.33. The fourth-order valence-electron chi connectivity index (χ4n) is 1.82. The molecule has 0 aliphatic heterocycles. The molecule has 2 heterocycles. The molecule has 1 N–H and O–H groups in total. The van der Waals surface area contributed by atoms with E-state index in [0.717, 1.165) is 10.2 Å². The maximum Gasteiger partial charge on any atom is 0.233 e. The Bertz CT molecular complexity index is 716. The van der Waals surface area contributed by atoms with Crippen molar-refractivity contribution in [1.29, 1.82) is 0 Å². The molecule has 0 spiro atoms. The summed E-state index contributed by atoms with van der Waals surface area (Å²) in [4.78, 5) is 16.2. The fourth-order valence-corrected chi connectivity index (χ4v) is 2.80. The summed E-state index contributed by atoms with van der Waals surface area (Å²) in [5, 5.41) is 3.42. The molecule has 3 rings (SSSR count). The Morgan fingerprint density at radius 2 is 2.32 bits per heavy atom. The number of thiazole rings is 1. The zero-order chi connectivity index (χ0) is 13.2. The molecule has 5 heteroatoms. The van der Waals surface area contributed by atoms with Crippen molar-refractivity contribution in [1.82, 2.24) is 4.98 Å². The van der Waals surface area contributed by atoms with Gasteiger partial charge in [0.1, 0.15) is 5.76 Å². The van der Waals surface area contributed by atoms with Gasteiger partial charge in [0.2, 0.25) is 5.91 Å². The van der Waals surface area contributed by atoms with Crippen molar-refractivity contribution in [2.45, 2.75) is 13.3 Å². The number of carbonyl (C=O) groups excluding carboxylic acids is 1. The zero-order valence-corrected chi connectivity index (χ0v) is 11.2. The molecule has 4 nitrogen and oxygen atoms in total. The Kier molecular flexibility index (Phi) is 3.05. The summed E-state index contributed by atoms with van der Waals surface area (Å²) in [5.41, 5.74) is 2.09. The standard InChI is InChI=1S/C14H12N2O2S/c1-9-4-5-11-12(7-9)19-14(15-11)16-13(17)8-10-3-2-6-18-10/h2-7H,8H2,1H3,(H,15,16,17). The van der Waals surface area contributed by atoms with E-state index in [0.29, 0.717) is 10.9 Å². The van der Waals surface area contributed by atoms with E-state index in [4.69, 9.17) is 4.42 Å². The van der Waals surface area contributed by atoms with Crippen LogP contribution in [0.5, 0.6) is 0 Å². The van der Waals surface area contributed by atoms with Gasteiger partial charge < -0.3 is 9.73 Å².